The number of furan rings is 1. The van der Waals surface area contributed by atoms with Gasteiger partial charge in [0, 0.05) is 13.6 Å². The zero-order valence-corrected chi connectivity index (χ0v) is 17.6. The Morgan fingerprint density at radius 1 is 1.27 bits per heavy atom. The van der Waals surface area contributed by atoms with Crippen LogP contribution >= 0.6 is 0 Å². The Kier molecular flexibility index (Phi) is 5.32. The molecule has 1 saturated carbocycles. The second-order valence-corrected chi connectivity index (χ2v) is 7.90. The van der Waals surface area contributed by atoms with E-state index in [-0.39, 0.29) is 11.8 Å². The number of aromatic nitrogens is 3. The normalized spacial score (nSPS) is 15.8. The summed E-state index contributed by atoms with van der Waals surface area (Å²) >= 11 is 0. The topological polar surface area (TPSA) is 102 Å². The van der Waals surface area contributed by atoms with Gasteiger partial charge in [-0.1, -0.05) is 19.3 Å². The summed E-state index contributed by atoms with van der Waals surface area (Å²) in [5, 5.41) is 11.1. The summed E-state index contributed by atoms with van der Waals surface area (Å²) in [5.74, 6) is 0.165. The minimum Gasteiger partial charge on any atom is -0.463 e. The van der Waals surface area contributed by atoms with Crippen LogP contribution in [0.2, 0.25) is 0 Å². The van der Waals surface area contributed by atoms with Gasteiger partial charge >= 0.3 is 0 Å². The molecule has 1 aliphatic rings. The van der Waals surface area contributed by atoms with E-state index in [9.17, 15) is 9.59 Å². The van der Waals surface area contributed by atoms with Crippen molar-refractivity contribution in [1.82, 2.24) is 25.4 Å². The Morgan fingerprint density at radius 2 is 2.03 bits per heavy atom. The number of hydrogen-bond acceptors (Lipinski definition) is 5. The molecule has 0 bridgehead atoms. The van der Waals surface area contributed by atoms with E-state index in [1.165, 1.54) is 0 Å². The molecule has 3 aromatic rings. The van der Waals surface area contributed by atoms with Crippen LogP contribution in [-0.2, 0) is 11.8 Å². The summed E-state index contributed by atoms with van der Waals surface area (Å²) in [4.78, 5) is 31.1. The van der Waals surface area contributed by atoms with Gasteiger partial charge in [0.1, 0.15) is 11.2 Å². The predicted molar refractivity (Wildman–Crippen MR) is 113 cm³/mol. The van der Waals surface area contributed by atoms with Gasteiger partial charge in [0.2, 0.25) is 5.91 Å². The van der Waals surface area contributed by atoms with Crippen molar-refractivity contribution in [3.05, 3.63) is 35.7 Å². The fourth-order valence-electron chi connectivity index (χ4n) is 4.35. The van der Waals surface area contributed by atoms with Crippen LogP contribution in [0.5, 0.6) is 0 Å². The molecule has 8 heteroatoms. The van der Waals surface area contributed by atoms with Gasteiger partial charge in [-0.05, 0) is 44.9 Å². The van der Waals surface area contributed by atoms with E-state index in [1.807, 2.05) is 13.8 Å². The lowest BCUT2D eigenvalue weighted by Gasteiger charge is -2.36. The molecule has 2 amide bonds. The predicted octanol–water partition coefficient (Wildman–Crippen LogP) is 3.11. The minimum absolute atomic E-state index is 0.113. The monoisotopic (exact) mass is 409 g/mol. The fraction of sp³-hybridized carbons (Fsp3) is 0.455. The molecule has 8 nitrogen and oxygen atoms in total. The third-order valence-electron chi connectivity index (χ3n) is 5.82. The molecule has 0 aliphatic heterocycles. The van der Waals surface area contributed by atoms with Gasteiger partial charge in [-0.15, -0.1) is 0 Å². The maximum atomic E-state index is 13.5. The quantitative estimate of drug-likeness (QED) is 0.674. The number of fused-ring (bicyclic) bond motifs is 1. The summed E-state index contributed by atoms with van der Waals surface area (Å²) in [6.45, 7) is 4.27. The van der Waals surface area contributed by atoms with Crippen LogP contribution in [0, 0.1) is 6.92 Å². The summed E-state index contributed by atoms with van der Waals surface area (Å²) in [7, 11) is 1.80. The average molecular weight is 409 g/mol. The number of aryl methyl sites for hydroxylation is 2. The van der Waals surface area contributed by atoms with Gasteiger partial charge in [-0.2, -0.15) is 5.10 Å². The molecule has 3 heterocycles. The largest absolute Gasteiger partial charge is 0.463 e. The number of carbonyl (C=O) groups is 2. The molecule has 0 aromatic carbocycles. The van der Waals surface area contributed by atoms with Gasteiger partial charge in [0.25, 0.3) is 5.91 Å². The van der Waals surface area contributed by atoms with Crippen molar-refractivity contribution in [2.24, 2.45) is 7.05 Å². The van der Waals surface area contributed by atoms with Crippen molar-refractivity contribution in [3.63, 3.8) is 0 Å². The second-order valence-electron chi connectivity index (χ2n) is 7.90. The summed E-state index contributed by atoms with van der Waals surface area (Å²) in [6.07, 6.45) is 5.73. The summed E-state index contributed by atoms with van der Waals surface area (Å²) < 4.78 is 7.16. The Hall–Kier alpha value is -3.16. The molecule has 30 heavy (non-hydrogen) atoms. The molecule has 1 fully saturated rings. The highest BCUT2D eigenvalue weighted by atomic mass is 16.3. The average Bonchev–Trinajstić information content (AvgIpc) is 3.37. The summed E-state index contributed by atoms with van der Waals surface area (Å²) in [6, 6.07) is 5.30. The number of amides is 2. The number of nitrogens with zero attached hydrogens (tertiary/aromatic N) is 3. The van der Waals surface area contributed by atoms with Crippen molar-refractivity contribution >= 4 is 22.8 Å². The highest BCUT2D eigenvalue weighted by molar-refractivity contribution is 6.09. The first-order valence-corrected chi connectivity index (χ1v) is 10.4. The van der Waals surface area contributed by atoms with Gasteiger partial charge in [0.05, 0.1) is 22.9 Å². The Bertz CT molecular complexity index is 1080. The molecule has 0 radical (unpaired) electrons. The van der Waals surface area contributed by atoms with E-state index >= 15 is 0 Å². The number of nitrogens with one attached hydrogen (secondary N) is 2. The maximum Gasteiger partial charge on any atom is 0.253 e. The lowest BCUT2D eigenvalue weighted by molar-refractivity contribution is -0.128. The SMILES string of the molecule is CCNC(=O)C1(NC(=O)c2cc(-c3ccco3)nc3c2c(C)nn3C)CCCCC1. The van der Waals surface area contributed by atoms with Gasteiger partial charge in [-0.3, -0.25) is 14.3 Å². The van der Waals surface area contributed by atoms with Gasteiger partial charge in [0.15, 0.2) is 11.4 Å². The Labute approximate surface area is 175 Å². The number of pyridine rings is 1. The molecular weight excluding hydrogens is 382 g/mol. The molecule has 2 N–H and O–H groups in total. The summed E-state index contributed by atoms with van der Waals surface area (Å²) in [5.41, 5.74) is 1.43. The molecule has 0 atom stereocenters. The van der Waals surface area contributed by atoms with Crippen LogP contribution in [0.4, 0.5) is 0 Å². The van der Waals surface area contributed by atoms with E-state index in [2.05, 4.69) is 20.7 Å². The van der Waals surface area contributed by atoms with Crippen LogP contribution in [0.1, 0.15) is 55.1 Å². The second kappa shape index (κ2) is 7.93. The highest BCUT2D eigenvalue weighted by Crippen LogP contribution is 2.31. The molecular formula is C22H27N5O3. The molecule has 0 unspecified atom stereocenters. The van der Waals surface area contributed by atoms with Crippen LogP contribution < -0.4 is 10.6 Å². The van der Waals surface area contributed by atoms with Gasteiger partial charge in [-0.25, -0.2) is 4.98 Å². The number of likely N-dealkylation sites (N-methyl/N-ethyl adjacent to an activating group) is 1. The zero-order valence-electron chi connectivity index (χ0n) is 17.6. The van der Waals surface area contributed by atoms with Crippen molar-refractivity contribution in [3.8, 4) is 11.5 Å². The van der Waals surface area contributed by atoms with Crippen LogP contribution in [0.25, 0.3) is 22.5 Å². The van der Waals surface area contributed by atoms with E-state index in [1.54, 1.807) is 36.2 Å². The standard InChI is InChI=1S/C22H27N5O3/c1-4-23-21(29)22(10-6-5-7-11-22)25-20(28)15-13-16(17-9-8-12-30-17)24-19-18(15)14(2)26-27(19)3/h8-9,12-13H,4-7,10-11H2,1-3H3,(H,23,29)(H,25,28). The van der Waals surface area contributed by atoms with Crippen molar-refractivity contribution < 1.29 is 14.0 Å². The first-order valence-electron chi connectivity index (χ1n) is 10.4. The molecule has 3 aromatic heterocycles. The van der Waals surface area contributed by atoms with Gasteiger partial charge < -0.3 is 15.1 Å². The number of hydrogen-bond donors (Lipinski definition) is 2. The Morgan fingerprint density at radius 3 is 2.70 bits per heavy atom. The molecule has 0 saturated heterocycles. The van der Waals surface area contributed by atoms with E-state index in [0.29, 0.717) is 53.1 Å². The first kappa shape index (κ1) is 20.1. The van der Waals surface area contributed by atoms with Crippen molar-refractivity contribution in [2.45, 2.75) is 51.5 Å². The maximum absolute atomic E-state index is 13.5. The minimum atomic E-state index is -0.887. The number of carbonyl (C=O) groups excluding carboxylic acids is 2. The Balaban J connectivity index is 1.79. The van der Waals surface area contributed by atoms with Crippen LogP contribution in [0.3, 0.4) is 0 Å². The molecule has 4 rings (SSSR count). The van der Waals surface area contributed by atoms with Crippen molar-refractivity contribution in [1.29, 1.82) is 0 Å². The molecule has 1 aliphatic carbocycles. The van der Waals surface area contributed by atoms with Crippen LogP contribution in [-0.4, -0.2) is 38.7 Å². The third-order valence-corrected chi connectivity index (χ3v) is 5.82. The fourth-order valence-corrected chi connectivity index (χ4v) is 4.35. The van der Waals surface area contributed by atoms with Crippen molar-refractivity contribution in [2.75, 3.05) is 6.54 Å². The smallest absolute Gasteiger partial charge is 0.253 e. The molecule has 0 spiro atoms. The highest BCUT2D eigenvalue weighted by Gasteiger charge is 2.41. The first-order chi connectivity index (χ1) is 14.4. The van der Waals surface area contributed by atoms with E-state index < -0.39 is 5.54 Å². The van der Waals surface area contributed by atoms with E-state index in [4.69, 9.17) is 4.42 Å². The van der Waals surface area contributed by atoms with E-state index in [0.717, 1.165) is 19.3 Å². The molecule has 158 valence electrons. The third kappa shape index (κ3) is 3.46. The van der Waals surface area contributed by atoms with Crippen LogP contribution in [0.15, 0.2) is 28.9 Å². The lowest BCUT2D eigenvalue weighted by Crippen LogP contribution is -2.59. The number of rotatable bonds is 5. The zero-order chi connectivity index (χ0) is 21.3. The lowest BCUT2D eigenvalue weighted by atomic mass is 9.80.